The summed E-state index contributed by atoms with van der Waals surface area (Å²) in [6, 6.07) is 6.31. The number of anilines is 1. The number of carbonyl (C=O) groups is 3. The maximum absolute atomic E-state index is 11.6. The second-order valence-corrected chi connectivity index (χ2v) is 4.77. The number of hydrogen-bond acceptors (Lipinski definition) is 5. The molecule has 126 valence electrons. The Morgan fingerprint density at radius 2 is 1.83 bits per heavy atom. The van der Waals surface area contributed by atoms with Gasteiger partial charge >= 0.3 is 5.97 Å². The molecular weight excluding hydrogens is 304 g/mol. The van der Waals surface area contributed by atoms with Gasteiger partial charge in [0.15, 0.2) is 5.71 Å². The van der Waals surface area contributed by atoms with Gasteiger partial charge in [-0.2, -0.15) is 5.10 Å². The minimum absolute atomic E-state index is 0. The highest BCUT2D eigenvalue weighted by atomic mass is 16.4. The third kappa shape index (κ3) is 6.68. The first-order valence-corrected chi connectivity index (χ1v) is 6.42. The van der Waals surface area contributed by atoms with Crippen LogP contribution in [0.25, 0.3) is 0 Å². The molecule has 0 aromatic heterocycles. The van der Waals surface area contributed by atoms with Gasteiger partial charge in [-0.25, -0.2) is 10.2 Å². The van der Waals surface area contributed by atoms with Crippen LogP contribution in [0.3, 0.4) is 0 Å². The van der Waals surface area contributed by atoms with E-state index in [1.165, 1.54) is 13.0 Å². The number of likely N-dealkylation sites (N-methyl/N-ethyl adjacent to an activating group) is 1. The maximum atomic E-state index is 11.6. The summed E-state index contributed by atoms with van der Waals surface area (Å²) in [5.41, 5.74) is 2.33. The molecule has 0 fully saturated rings. The van der Waals surface area contributed by atoms with Gasteiger partial charge in [0.25, 0.3) is 5.91 Å². The van der Waals surface area contributed by atoms with Crippen LogP contribution < -0.4 is 10.7 Å². The molecular formula is C14H20N4O5. The minimum Gasteiger partial charge on any atom is -0.476 e. The van der Waals surface area contributed by atoms with Crippen molar-refractivity contribution >= 4 is 29.2 Å². The van der Waals surface area contributed by atoms with E-state index in [0.717, 1.165) is 0 Å². The molecule has 5 N–H and O–H groups in total. The Balaban J connectivity index is 0.00000484. The molecule has 23 heavy (non-hydrogen) atoms. The van der Waals surface area contributed by atoms with E-state index in [-0.39, 0.29) is 29.2 Å². The van der Waals surface area contributed by atoms with Crippen LogP contribution in [0.5, 0.6) is 0 Å². The van der Waals surface area contributed by atoms with Crippen LogP contribution in [-0.4, -0.2) is 59.6 Å². The zero-order chi connectivity index (χ0) is 16.7. The Hall–Kier alpha value is -2.78. The van der Waals surface area contributed by atoms with E-state index in [0.29, 0.717) is 5.69 Å². The molecule has 0 heterocycles. The van der Waals surface area contributed by atoms with Crippen molar-refractivity contribution in [2.45, 2.75) is 6.92 Å². The number of carboxylic acids is 1. The average Bonchev–Trinajstić information content (AvgIpc) is 2.38. The van der Waals surface area contributed by atoms with Crippen LogP contribution in [0.1, 0.15) is 12.5 Å². The number of para-hydroxylation sites is 1. The van der Waals surface area contributed by atoms with Gasteiger partial charge in [-0.3, -0.25) is 9.59 Å². The Kier molecular flexibility index (Phi) is 8.16. The molecule has 0 saturated heterocycles. The Morgan fingerprint density at radius 1 is 1.22 bits per heavy atom. The van der Waals surface area contributed by atoms with Crippen molar-refractivity contribution in [1.29, 1.82) is 0 Å². The molecule has 1 aromatic rings. The van der Waals surface area contributed by atoms with E-state index >= 15 is 0 Å². The first-order chi connectivity index (χ1) is 10.3. The van der Waals surface area contributed by atoms with Gasteiger partial charge in [0, 0.05) is 12.5 Å². The number of amides is 2. The highest BCUT2D eigenvalue weighted by molar-refractivity contribution is 6.44. The number of benzene rings is 1. The number of nitrogens with one attached hydrogen (secondary N) is 2. The number of nitrogens with zero attached hydrogens (tertiary/aromatic N) is 2. The normalized spacial score (nSPS) is 10.7. The summed E-state index contributed by atoms with van der Waals surface area (Å²) in [5.74, 6) is -2.10. The lowest BCUT2D eigenvalue weighted by Gasteiger charge is -2.11. The van der Waals surface area contributed by atoms with Crippen LogP contribution in [0.2, 0.25) is 0 Å². The third-order valence-corrected chi connectivity index (χ3v) is 2.45. The lowest BCUT2D eigenvalue weighted by atomic mass is 10.1. The molecule has 1 aromatic carbocycles. The summed E-state index contributed by atoms with van der Waals surface area (Å²) in [4.78, 5) is 35.7. The largest absolute Gasteiger partial charge is 0.476 e. The van der Waals surface area contributed by atoms with Crippen LogP contribution in [0.15, 0.2) is 29.4 Å². The fourth-order valence-corrected chi connectivity index (χ4v) is 1.65. The van der Waals surface area contributed by atoms with Gasteiger partial charge in [-0.15, -0.1) is 0 Å². The van der Waals surface area contributed by atoms with Crippen molar-refractivity contribution in [2.75, 3.05) is 26.0 Å². The molecule has 0 saturated carbocycles. The molecule has 0 unspecified atom stereocenters. The van der Waals surface area contributed by atoms with E-state index in [1.807, 2.05) is 0 Å². The number of carboxylic acid groups (broad SMARTS) is 1. The first-order valence-electron chi connectivity index (χ1n) is 6.42. The summed E-state index contributed by atoms with van der Waals surface area (Å²) in [6.07, 6.45) is 0. The van der Waals surface area contributed by atoms with Crippen molar-refractivity contribution in [2.24, 2.45) is 5.10 Å². The van der Waals surface area contributed by atoms with Crippen LogP contribution >= 0.6 is 0 Å². The predicted octanol–water partition coefficient (Wildman–Crippen LogP) is -0.713. The highest BCUT2D eigenvalue weighted by Crippen LogP contribution is 2.16. The Morgan fingerprint density at radius 3 is 2.35 bits per heavy atom. The molecule has 0 aliphatic rings. The van der Waals surface area contributed by atoms with Crippen molar-refractivity contribution in [1.82, 2.24) is 10.3 Å². The average molecular weight is 324 g/mol. The quantitative estimate of drug-likeness (QED) is 0.468. The van der Waals surface area contributed by atoms with E-state index in [4.69, 9.17) is 0 Å². The smallest absolute Gasteiger partial charge is 0.357 e. The fraction of sp³-hybridized carbons (Fsp3) is 0.286. The van der Waals surface area contributed by atoms with Gasteiger partial charge in [0.2, 0.25) is 5.91 Å². The second kappa shape index (κ2) is 9.28. The second-order valence-electron chi connectivity index (χ2n) is 4.77. The summed E-state index contributed by atoms with van der Waals surface area (Å²) in [7, 11) is 3.40. The van der Waals surface area contributed by atoms with Gasteiger partial charge in [-0.05, 0) is 20.2 Å². The Bertz CT molecular complexity index is 613. The zero-order valence-electron chi connectivity index (χ0n) is 13.1. The topological polar surface area (TPSA) is 143 Å². The molecule has 0 spiro atoms. The summed E-state index contributed by atoms with van der Waals surface area (Å²) in [6.45, 7) is 1.39. The van der Waals surface area contributed by atoms with E-state index < -0.39 is 11.9 Å². The van der Waals surface area contributed by atoms with Gasteiger partial charge in [-0.1, -0.05) is 18.2 Å². The highest BCUT2D eigenvalue weighted by Gasteiger charge is 2.17. The summed E-state index contributed by atoms with van der Waals surface area (Å²) in [5, 5.41) is 15.5. The van der Waals surface area contributed by atoms with E-state index in [2.05, 4.69) is 15.8 Å². The molecule has 9 nitrogen and oxygen atoms in total. The van der Waals surface area contributed by atoms with Crippen molar-refractivity contribution < 1.29 is 25.0 Å². The number of aliphatic carboxylic acids is 1. The number of hydrazone groups is 1. The molecule has 9 heteroatoms. The minimum atomic E-state index is -1.32. The number of carbonyl (C=O) groups excluding carboxylic acids is 2. The van der Waals surface area contributed by atoms with Crippen LogP contribution in [-0.2, 0) is 14.4 Å². The van der Waals surface area contributed by atoms with Crippen LogP contribution in [0, 0.1) is 0 Å². The summed E-state index contributed by atoms with van der Waals surface area (Å²) >= 11 is 0. The number of rotatable bonds is 6. The van der Waals surface area contributed by atoms with Crippen molar-refractivity contribution in [3.63, 3.8) is 0 Å². The molecule has 0 aliphatic heterocycles. The maximum Gasteiger partial charge on any atom is 0.357 e. The standard InChI is InChI=1S/C14H18N4O4.H2O/c1-9(19)15-11-7-5-4-6-10(11)13(14(21)22)17-16-12(20)8-18(2)3;/h4-7H,8H2,1-3H3,(H,15,19)(H,16,20)(H,21,22);1H2/b17-13-;. The van der Waals surface area contributed by atoms with Crippen LogP contribution in [0.4, 0.5) is 5.69 Å². The molecule has 1 rings (SSSR count). The third-order valence-electron chi connectivity index (χ3n) is 2.45. The SMILES string of the molecule is CC(=O)Nc1ccccc1/C(=N/NC(=O)CN(C)C)C(=O)O.O. The summed E-state index contributed by atoms with van der Waals surface area (Å²) < 4.78 is 0. The van der Waals surface area contributed by atoms with Crippen molar-refractivity contribution in [3.05, 3.63) is 29.8 Å². The molecule has 2 amide bonds. The zero-order valence-corrected chi connectivity index (χ0v) is 13.1. The number of hydrogen-bond donors (Lipinski definition) is 3. The van der Waals surface area contributed by atoms with E-state index in [1.54, 1.807) is 37.2 Å². The molecule has 0 bridgehead atoms. The van der Waals surface area contributed by atoms with Gasteiger partial charge in [0.05, 0.1) is 12.2 Å². The molecule has 0 atom stereocenters. The van der Waals surface area contributed by atoms with Gasteiger partial charge in [0.1, 0.15) is 0 Å². The predicted molar refractivity (Wildman–Crippen MR) is 85.2 cm³/mol. The lowest BCUT2D eigenvalue weighted by molar-refractivity contribution is -0.129. The van der Waals surface area contributed by atoms with E-state index in [9.17, 15) is 19.5 Å². The fourth-order valence-electron chi connectivity index (χ4n) is 1.65. The van der Waals surface area contributed by atoms with Crippen molar-refractivity contribution in [3.8, 4) is 0 Å². The molecule has 0 radical (unpaired) electrons. The monoisotopic (exact) mass is 324 g/mol. The molecule has 0 aliphatic carbocycles. The Labute approximate surface area is 133 Å². The van der Waals surface area contributed by atoms with Gasteiger partial charge < -0.3 is 20.8 Å². The first kappa shape index (κ1) is 20.2. The lowest BCUT2D eigenvalue weighted by Crippen LogP contribution is -2.32.